The Morgan fingerprint density at radius 3 is 2.32 bits per heavy atom. The molecule has 0 bridgehead atoms. The van der Waals surface area contributed by atoms with Crippen molar-refractivity contribution in [2.75, 3.05) is 23.8 Å². The van der Waals surface area contributed by atoms with E-state index in [9.17, 15) is 4.79 Å². The van der Waals surface area contributed by atoms with Crippen molar-refractivity contribution in [2.45, 2.75) is 13.8 Å². The van der Waals surface area contributed by atoms with E-state index < -0.39 is 0 Å². The molecule has 4 heteroatoms. The number of para-hydroxylation sites is 1. The molecule has 0 aliphatic carbocycles. The number of rotatable bonds is 7. The summed E-state index contributed by atoms with van der Waals surface area (Å²) in [5, 5.41) is 5.92. The summed E-state index contributed by atoms with van der Waals surface area (Å²) >= 11 is 0. The number of amides is 1. The summed E-state index contributed by atoms with van der Waals surface area (Å²) in [7, 11) is 0. The zero-order chi connectivity index (χ0) is 15.8. The minimum Gasteiger partial charge on any atom is -0.493 e. The molecule has 0 unspecified atom stereocenters. The molecule has 0 saturated carbocycles. The van der Waals surface area contributed by atoms with Gasteiger partial charge in [0, 0.05) is 11.4 Å². The number of carbonyl (C=O) groups is 1. The van der Waals surface area contributed by atoms with Gasteiger partial charge in [0.15, 0.2) is 0 Å². The fourth-order valence-electron chi connectivity index (χ4n) is 1.84. The highest BCUT2D eigenvalue weighted by Gasteiger charge is 2.02. The van der Waals surface area contributed by atoms with Crippen LogP contribution in [0.25, 0.3) is 0 Å². The van der Waals surface area contributed by atoms with Gasteiger partial charge >= 0.3 is 0 Å². The third kappa shape index (κ3) is 5.48. The van der Waals surface area contributed by atoms with E-state index in [0.717, 1.165) is 17.1 Å². The fraction of sp³-hybridized carbons (Fsp3) is 0.278. The first-order chi connectivity index (χ1) is 10.6. The predicted molar refractivity (Wildman–Crippen MR) is 90.3 cm³/mol. The van der Waals surface area contributed by atoms with Crippen molar-refractivity contribution in [1.82, 2.24) is 0 Å². The molecule has 0 atom stereocenters. The Morgan fingerprint density at radius 2 is 1.68 bits per heavy atom. The summed E-state index contributed by atoms with van der Waals surface area (Å²) in [6.07, 6.45) is 0. The third-order valence-corrected chi connectivity index (χ3v) is 2.95. The Bertz CT molecular complexity index is 580. The van der Waals surface area contributed by atoms with Crippen LogP contribution in [-0.4, -0.2) is 19.1 Å². The second-order valence-electron chi connectivity index (χ2n) is 5.50. The number of hydrogen-bond donors (Lipinski definition) is 2. The van der Waals surface area contributed by atoms with Crippen molar-refractivity contribution in [2.24, 2.45) is 5.92 Å². The Labute approximate surface area is 131 Å². The van der Waals surface area contributed by atoms with E-state index in [-0.39, 0.29) is 12.5 Å². The molecule has 2 N–H and O–H groups in total. The second-order valence-corrected chi connectivity index (χ2v) is 5.50. The van der Waals surface area contributed by atoms with E-state index in [1.54, 1.807) is 0 Å². The lowest BCUT2D eigenvalue weighted by atomic mass is 10.2. The molecule has 2 rings (SSSR count). The first-order valence-corrected chi connectivity index (χ1v) is 7.45. The molecule has 2 aromatic rings. The van der Waals surface area contributed by atoms with Crippen LogP contribution in [0.2, 0.25) is 0 Å². The van der Waals surface area contributed by atoms with Crippen molar-refractivity contribution >= 4 is 17.3 Å². The second kappa shape index (κ2) is 8.08. The average Bonchev–Trinajstić information content (AvgIpc) is 2.53. The third-order valence-electron chi connectivity index (χ3n) is 2.95. The molecular formula is C18H22N2O2. The standard InChI is InChI=1S/C18H22N2O2/c1-14(2)13-22-17-10-8-15(9-11-17)19-12-18(21)20-16-6-4-3-5-7-16/h3-11,14,19H,12-13H2,1-2H3,(H,20,21). The maximum absolute atomic E-state index is 11.8. The molecule has 4 nitrogen and oxygen atoms in total. The predicted octanol–water partition coefficient (Wildman–Crippen LogP) is 3.77. The van der Waals surface area contributed by atoms with E-state index in [2.05, 4.69) is 24.5 Å². The van der Waals surface area contributed by atoms with Crippen LogP contribution in [0.5, 0.6) is 5.75 Å². The van der Waals surface area contributed by atoms with Crippen LogP contribution >= 0.6 is 0 Å². The van der Waals surface area contributed by atoms with Gasteiger partial charge < -0.3 is 15.4 Å². The number of anilines is 2. The molecule has 116 valence electrons. The van der Waals surface area contributed by atoms with Gasteiger partial charge in [-0.25, -0.2) is 0 Å². The lowest BCUT2D eigenvalue weighted by Gasteiger charge is -2.10. The summed E-state index contributed by atoms with van der Waals surface area (Å²) in [6.45, 7) is 5.15. The van der Waals surface area contributed by atoms with Crippen molar-refractivity contribution in [3.8, 4) is 5.75 Å². The molecule has 1 amide bonds. The summed E-state index contributed by atoms with van der Waals surface area (Å²) in [4.78, 5) is 11.8. The van der Waals surface area contributed by atoms with Crippen molar-refractivity contribution in [1.29, 1.82) is 0 Å². The van der Waals surface area contributed by atoms with Crippen molar-refractivity contribution < 1.29 is 9.53 Å². The quantitative estimate of drug-likeness (QED) is 0.818. The molecule has 0 radical (unpaired) electrons. The molecule has 2 aromatic carbocycles. The fourth-order valence-corrected chi connectivity index (χ4v) is 1.84. The SMILES string of the molecule is CC(C)COc1ccc(NCC(=O)Nc2ccccc2)cc1. The molecule has 0 heterocycles. The molecule has 0 aliphatic heterocycles. The summed E-state index contributed by atoms with van der Waals surface area (Å²) < 4.78 is 5.62. The largest absolute Gasteiger partial charge is 0.493 e. The van der Waals surface area contributed by atoms with E-state index in [1.807, 2.05) is 54.6 Å². The van der Waals surface area contributed by atoms with Gasteiger partial charge in [-0.3, -0.25) is 4.79 Å². The van der Waals surface area contributed by atoms with E-state index in [1.165, 1.54) is 0 Å². The topological polar surface area (TPSA) is 50.4 Å². The molecular weight excluding hydrogens is 276 g/mol. The smallest absolute Gasteiger partial charge is 0.243 e. The monoisotopic (exact) mass is 298 g/mol. The summed E-state index contributed by atoms with van der Waals surface area (Å²) in [5.41, 5.74) is 1.69. The first-order valence-electron chi connectivity index (χ1n) is 7.45. The average molecular weight is 298 g/mol. The lowest BCUT2D eigenvalue weighted by Crippen LogP contribution is -2.21. The minimum absolute atomic E-state index is 0.0775. The lowest BCUT2D eigenvalue weighted by molar-refractivity contribution is -0.114. The van der Waals surface area contributed by atoms with E-state index >= 15 is 0 Å². The van der Waals surface area contributed by atoms with Crippen molar-refractivity contribution in [3.05, 3.63) is 54.6 Å². The molecule has 0 aromatic heterocycles. The maximum atomic E-state index is 11.8. The number of nitrogens with one attached hydrogen (secondary N) is 2. The summed E-state index contributed by atoms with van der Waals surface area (Å²) in [5.74, 6) is 1.26. The summed E-state index contributed by atoms with van der Waals surface area (Å²) in [6, 6.07) is 17.0. The van der Waals surface area contributed by atoms with Gasteiger partial charge in [-0.15, -0.1) is 0 Å². The number of hydrogen-bond acceptors (Lipinski definition) is 3. The van der Waals surface area contributed by atoms with Crippen LogP contribution in [0, 0.1) is 5.92 Å². The van der Waals surface area contributed by atoms with Crippen LogP contribution in [0.1, 0.15) is 13.8 Å². The molecule has 0 spiro atoms. The van der Waals surface area contributed by atoms with Crippen LogP contribution in [-0.2, 0) is 4.79 Å². The van der Waals surface area contributed by atoms with Gasteiger partial charge in [0.2, 0.25) is 5.91 Å². The highest BCUT2D eigenvalue weighted by Crippen LogP contribution is 2.16. The van der Waals surface area contributed by atoms with E-state index in [4.69, 9.17) is 4.74 Å². The maximum Gasteiger partial charge on any atom is 0.243 e. The van der Waals surface area contributed by atoms with Gasteiger partial charge in [0.05, 0.1) is 13.2 Å². The van der Waals surface area contributed by atoms with Crippen LogP contribution in [0.4, 0.5) is 11.4 Å². The Kier molecular flexibility index (Phi) is 5.83. The normalized spacial score (nSPS) is 10.3. The Hall–Kier alpha value is -2.49. The van der Waals surface area contributed by atoms with Gasteiger partial charge in [0.25, 0.3) is 0 Å². The molecule has 0 aliphatic rings. The van der Waals surface area contributed by atoms with Gasteiger partial charge in [-0.1, -0.05) is 32.0 Å². The zero-order valence-electron chi connectivity index (χ0n) is 13.0. The van der Waals surface area contributed by atoms with Gasteiger partial charge in [0.1, 0.15) is 5.75 Å². The van der Waals surface area contributed by atoms with Gasteiger partial charge in [-0.05, 0) is 42.3 Å². The zero-order valence-corrected chi connectivity index (χ0v) is 13.0. The number of benzene rings is 2. The van der Waals surface area contributed by atoms with Crippen molar-refractivity contribution in [3.63, 3.8) is 0 Å². The molecule has 0 saturated heterocycles. The van der Waals surface area contributed by atoms with Gasteiger partial charge in [-0.2, -0.15) is 0 Å². The Balaban J connectivity index is 1.78. The van der Waals surface area contributed by atoms with Crippen LogP contribution < -0.4 is 15.4 Å². The number of carbonyl (C=O) groups excluding carboxylic acids is 1. The Morgan fingerprint density at radius 1 is 1.00 bits per heavy atom. The van der Waals surface area contributed by atoms with Crippen LogP contribution in [0.3, 0.4) is 0 Å². The van der Waals surface area contributed by atoms with E-state index in [0.29, 0.717) is 12.5 Å². The minimum atomic E-state index is -0.0775. The number of ether oxygens (including phenoxy) is 1. The first kappa shape index (κ1) is 15.9. The highest BCUT2D eigenvalue weighted by atomic mass is 16.5. The molecule has 0 fully saturated rings. The molecule has 22 heavy (non-hydrogen) atoms. The van der Waals surface area contributed by atoms with Crippen LogP contribution in [0.15, 0.2) is 54.6 Å². The highest BCUT2D eigenvalue weighted by molar-refractivity contribution is 5.93.